The molecule has 0 aromatic carbocycles. The van der Waals surface area contributed by atoms with E-state index in [1.54, 1.807) is 18.3 Å². The van der Waals surface area contributed by atoms with E-state index in [0.29, 0.717) is 32.2 Å². The summed E-state index contributed by atoms with van der Waals surface area (Å²) >= 11 is 1.61. The summed E-state index contributed by atoms with van der Waals surface area (Å²) in [5, 5.41) is 3.03. The SMILES string of the molecule is CC(=O)N1C[C@H](c2cn(C(C)C)cn2)[C@@]2(CCN(Cc3csc(C)n3)C2=O)C1. The molecule has 2 aliphatic heterocycles. The van der Waals surface area contributed by atoms with Crippen molar-refractivity contribution >= 4 is 23.2 Å². The van der Waals surface area contributed by atoms with Crippen molar-refractivity contribution < 1.29 is 9.59 Å². The van der Waals surface area contributed by atoms with Crippen molar-refractivity contribution in [1.29, 1.82) is 0 Å². The van der Waals surface area contributed by atoms with Crippen molar-refractivity contribution in [3.05, 3.63) is 34.3 Å². The van der Waals surface area contributed by atoms with Crippen LogP contribution in [0.5, 0.6) is 0 Å². The van der Waals surface area contributed by atoms with E-state index in [9.17, 15) is 9.59 Å². The normalized spacial score (nSPS) is 24.9. The van der Waals surface area contributed by atoms with E-state index >= 15 is 0 Å². The van der Waals surface area contributed by atoms with Crippen LogP contribution in [0.2, 0.25) is 0 Å². The lowest BCUT2D eigenvalue weighted by Crippen LogP contribution is -2.40. The summed E-state index contributed by atoms with van der Waals surface area (Å²) in [6.45, 7) is 10.0. The molecule has 8 heteroatoms. The molecule has 0 N–H and O–H groups in total. The lowest BCUT2D eigenvalue weighted by molar-refractivity contribution is -0.137. The first-order valence-electron chi connectivity index (χ1n) is 9.79. The maximum absolute atomic E-state index is 13.6. The number of hydrogen-bond acceptors (Lipinski definition) is 5. The molecule has 0 saturated carbocycles. The van der Waals surface area contributed by atoms with Crippen LogP contribution in [-0.2, 0) is 16.1 Å². The maximum atomic E-state index is 13.6. The lowest BCUT2D eigenvalue weighted by atomic mass is 9.75. The van der Waals surface area contributed by atoms with Crippen molar-refractivity contribution in [2.24, 2.45) is 5.41 Å². The Balaban J connectivity index is 1.63. The van der Waals surface area contributed by atoms with Crippen LogP contribution in [0.4, 0.5) is 0 Å². The summed E-state index contributed by atoms with van der Waals surface area (Å²) in [7, 11) is 0. The fraction of sp³-hybridized carbons (Fsp3) is 0.600. The van der Waals surface area contributed by atoms with Crippen molar-refractivity contribution in [3.63, 3.8) is 0 Å². The average molecular weight is 402 g/mol. The summed E-state index contributed by atoms with van der Waals surface area (Å²) < 4.78 is 2.06. The van der Waals surface area contributed by atoms with E-state index in [4.69, 9.17) is 0 Å². The molecule has 1 spiro atoms. The number of carbonyl (C=O) groups is 2. The molecule has 28 heavy (non-hydrogen) atoms. The Labute approximate surface area is 169 Å². The molecule has 2 saturated heterocycles. The second-order valence-corrected chi connectivity index (χ2v) is 9.34. The van der Waals surface area contributed by atoms with Gasteiger partial charge in [-0.1, -0.05) is 0 Å². The molecule has 4 heterocycles. The highest BCUT2D eigenvalue weighted by Gasteiger charge is 2.58. The summed E-state index contributed by atoms with van der Waals surface area (Å²) in [4.78, 5) is 38.5. The quantitative estimate of drug-likeness (QED) is 0.790. The van der Waals surface area contributed by atoms with Gasteiger partial charge in [-0.15, -0.1) is 11.3 Å². The number of amides is 2. The third-order valence-electron chi connectivity index (χ3n) is 6.12. The van der Waals surface area contributed by atoms with Gasteiger partial charge in [0, 0.05) is 50.1 Å². The summed E-state index contributed by atoms with van der Waals surface area (Å²) in [6, 6.07) is 0.311. The Hall–Kier alpha value is -2.22. The number of likely N-dealkylation sites (tertiary alicyclic amines) is 2. The fourth-order valence-electron chi connectivity index (χ4n) is 4.50. The van der Waals surface area contributed by atoms with E-state index in [1.807, 2.05) is 34.6 Å². The van der Waals surface area contributed by atoms with Gasteiger partial charge < -0.3 is 14.4 Å². The monoisotopic (exact) mass is 401 g/mol. The maximum Gasteiger partial charge on any atom is 0.231 e. The Morgan fingerprint density at radius 3 is 2.82 bits per heavy atom. The van der Waals surface area contributed by atoms with Crippen molar-refractivity contribution in [2.45, 2.75) is 52.6 Å². The highest BCUT2D eigenvalue weighted by atomic mass is 32.1. The van der Waals surface area contributed by atoms with Gasteiger partial charge in [0.15, 0.2) is 0 Å². The summed E-state index contributed by atoms with van der Waals surface area (Å²) in [5.41, 5.74) is 1.28. The highest BCUT2D eigenvalue weighted by molar-refractivity contribution is 7.09. The number of aromatic nitrogens is 3. The Morgan fingerprint density at radius 1 is 1.43 bits per heavy atom. The molecular weight excluding hydrogens is 374 g/mol. The topological polar surface area (TPSA) is 71.3 Å². The van der Waals surface area contributed by atoms with Crippen molar-refractivity contribution in [2.75, 3.05) is 19.6 Å². The molecular formula is C20H27N5O2S. The Kier molecular flexibility index (Phi) is 4.77. The number of nitrogens with zero attached hydrogens (tertiary/aromatic N) is 5. The third kappa shape index (κ3) is 3.13. The standard InChI is InChI=1S/C20H27N5O2S/c1-13(2)25-9-18(21-12-25)17-8-24(15(4)26)11-20(17)5-6-23(19(20)27)7-16-10-28-14(3)22-16/h9-10,12-13,17H,5-8,11H2,1-4H3/t17-,20-/m1/s1. The lowest BCUT2D eigenvalue weighted by Gasteiger charge is -2.27. The number of imidazole rings is 1. The molecule has 0 bridgehead atoms. The minimum Gasteiger partial charge on any atom is -0.341 e. The molecule has 0 unspecified atom stereocenters. The van der Waals surface area contributed by atoms with E-state index in [0.717, 1.165) is 22.8 Å². The molecule has 0 aliphatic carbocycles. The largest absolute Gasteiger partial charge is 0.341 e. The molecule has 2 aromatic rings. The first-order valence-corrected chi connectivity index (χ1v) is 10.7. The first-order chi connectivity index (χ1) is 13.3. The zero-order chi connectivity index (χ0) is 20.1. The fourth-order valence-corrected chi connectivity index (χ4v) is 5.10. The number of thiazole rings is 1. The minimum absolute atomic E-state index is 0.0199. The Bertz CT molecular complexity index is 904. The Morgan fingerprint density at radius 2 is 2.21 bits per heavy atom. The van der Waals surface area contributed by atoms with Gasteiger partial charge in [0.1, 0.15) is 0 Å². The van der Waals surface area contributed by atoms with Gasteiger partial charge in [0.05, 0.1) is 34.7 Å². The molecule has 150 valence electrons. The zero-order valence-corrected chi connectivity index (χ0v) is 17.7. The van der Waals surface area contributed by atoms with Crippen molar-refractivity contribution in [1.82, 2.24) is 24.3 Å². The molecule has 2 aromatic heterocycles. The molecule has 7 nitrogen and oxygen atoms in total. The third-order valence-corrected chi connectivity index (χ3v) is 6.95. The van der Waals surface area contributed by atoms with Crippen LogP contribution in [0.25, 0.3) is 0 Å². The number of aryl methyl sites for hydroxylation is 1. The van der Waals surface area contributed by atoms with Gasteiger partial charge in [-0.3, -0.25) is 9.59 Å². The summed E-state index contributed by atoms with van der Waals surface area (Å²) in [5.74, 6) is 0.0867. The first kappa shape index (κ1) is 19.1. The molecule has 0 radical (unpaired) electrons. The van der Waals surface area contributed by atoms with Gasteiger partial charge in [-0.25, -0.2) is 9.97 Å². The molecule has 2 atom stereocenters. The van der Waals surface area contributed by atoms with E-state index < -0.39 is 5.41 Å². The predicted octanol–water partition coefficient (Wildman–Crippen LogP) is 2.59. The van der Waals surface area contributed by atoms with Gasteiger partial charge in [-0.05, 0) is 27.2 Å². The number of rotatable bonds is 4. The zero-order valence-electron chi connectivity index (χ0n) is 16.9. The second-order valence-electron chi connectivity index (χ2n) is 8.28. The predicted molar refractivity (Wildman–Crippen MR) is 107 cm³/mol. The molecule has 2 aliphatic rings. The van der Waals surface area contributed by atoms with Gasteiger partial charge >= 0.3 is 0 Å². The van der Waals surface area contributed by atoms with E-state index in [1.165, 1.54) is 0 Å². The van der Waals surface area contributed by atoms with Crippen LogP contribution in [-0.4, -0.2) is 55.8 Å². The van der Waals surface area contributed by atoms with Gasteiger partial charge in [0.2, 0.25) is 11.8 Å². The van der Waals surface area contributed by atoms with Crippen LogP contribution in [0.3, 0.4) is 0 Å². The molecule has 2 amide bonds. The van der Waals surface area contributed by atoms with Crippen molar-refractivity contribution in [3.8, 4) is 0 Å². The summed E-state index contributed by atoms with van der Waals surface area (Å²) in [6.07, 6.45) is 4.62. The van der Waals surface area contributed by atoms with Crippen LogP contribution >= 0.6 is 11.3 Å². The highest BCUT2D eigenvalue weighted by Crippen LogP contribution is 2.49. The minimum atomic E-state index is -0.576. The molecule has 4 rings (SSSR count). The number of hydrogen-bond donors (Lipinski definition) is 0. The van der Waals surface area contributed by atoms with Gasteiger partial charge in [-0.2, -0.15) is 0 Å². The van der Waals surface area contributed by atoms with E-state index in [-0.39, 0.29) is 17.7 Å². The molecule has 2 fully saturated rings. The average Bonchev–Trinajstić information content (AvgIpc) is 3.39. The van der Waals surface area contributed by atoms with Crippen LogP contribution in [0.15, 0.2) is 17.9 Å². The van der Waals surface area contributed by atoms with Crippen LogP contribution in [0, 0.1) is 12.3 Å². The number of carbonyl (C=O) groups excluding carboxylic acids is 2. The second kappa shape index (κ2) is 6.99. The smallest absolute Gasteiger partial charge is 0.231 e. The van der Waals surface area contributed by atoms with Crippen LogP contribution < -0.4 is 0 Å². The van der Waals surface area contributed by atoms with Gasteiger partial charge in [0.25, 0.3) is 0 Å². The van der Waals surface area contributed by atoms with E-state index in [2.05, 4.69) is 28.4 Å². The van der Waals surface area contributed by atoms with Crippen LogP contribution in [0.1, 0.15) is 55.5 Å².